The van der Waals surface area contributed by atoms with Gasteiger partial charge >= 0.3 is 8.32 Å². The summed E-state index contributed by atoms with van der Waals surface area (Å²) < 4.78 is 6.83. The highest BCUT2D eigenvalue weighted by atomic mass is 28.4. The van der Waals surface area contributed by atoms with Crippen molar-refractivity contribution < 1.29 is 4.43 Å². The van der Waals surface area contributed by atoms with E-state index in [9.17, 15) is 0 Å². The molecule has 0 aromatic heterocycles. The van der Waals surface area contributed by atoms with E-state index in [1.54, 1.807) is 0 Å². The molecule has 1 aliphatic heterocycles. The monoisotopic (exact) mass is 328 g/mol. The standard InChI is InChI=1S/C22H20OSi/c1-4-11-19(12-5-1)22-17-10-18-24(23-22,20-13-6-2-7-14-20)21-15-8-3-9-16-21/h1-9,11-17H,10,18H2. The van der Waals surface area contributed by atoms with Gasteiger partial charge in [-0.1, -0.05) is 91.0 Å². The van der Waals surface area contributed by atoms with Gasteiger partial charge in [-0.15, -0.1) is 0 Å². The van der Waals surface area contributed by atoms with E-state index in [2.05, 4.69) is 91.0 Å². The van der Waals surface area contributed by atoms with Crippen molar-refractivity contribution in [1.29, 1.82) is 0 Å². The average molecular weight is 328 g/mol. The Morgan fingerprint density at radius 3 is 1.67 bits per heavy atom. The van der Waals surface area contributed by atoms with Crippen molar-refractivity contribution in [3.8, 4) is 0 Å². The molecule has 0 saturated heterocycles. The van der Waals surface area contributed by atoms with Gasteiger partial charge in [0.15, 0.2) is 0 Å². The van der Waals surface area contributed by atoms with Gasteiger partial charge in [0.2, 0.25) is 0 Å². The van der Waals surface area contributed by atoms with Crippen molar-refractivity contribution in [2.45, 2.75) is 12.5 Å². The van der Waals surface area contributed by atoms with E-state index < -0.39 is 8.32 Å². The maximum atomic E-state index is 6.83. The molecule has 0 N–H and O–H groups in total. The molecule has 1 aliphatic rings. The second-order valence-corrected chi connectivity index (χ2v) is 9.65. The molecule has 118 valence electrons. The summed E-state index contributed by atoms with van der Waals surface area (Å²) >= 11 is 0. The summed E-state index contributed by atoms with van der Waals surface area (Å²) in [5.41, 5.74) is 1.17. The van der Waals surface area contributed by atoms with Gasteiger partial charge in [-0.25, -0.2) is 0 Å². The molecule has 0 radical (unpaired) electrons. The molecule has 0 bridgehead atoms. The zero-order valence-electron chi connectivity index (χ0n) is 13.6. The van der Waals surface area contributed by atoms with Crippen LogP contribution in [0.1, 0.15) is 12.0 Å². The second kappa shape index (κ2) is 6.50. The van der Waals surface area contributed by atoms with Crippen LogP contribution < -0.4 is 10.4 Å². The SMILES string of the molecule is C1=C(c2ccccc2)O[Si](c2ccccc2)(c2ccccc2)CC1. The van der Waals surface area contributed by atoms with Gasteiger partial charge in [-0.2, -0.15) is 0 Å². The Kier molecular flexibility index (Phi) is 4.05. The molecule has 0 fully saturated rings. The number of allylic oxidation sites excluding steroid dienone is 1. The first-order valence-electron chi connectivity index (χ1n) is 8.44. The van der Waals surface area contributed by atoms with Crippen LogP contribution in [0.4, 0.5) is 0 Å². The van der Waals surface area contributed by atoms with E-state index in [0.717, 1.165) is 18.2 Å². The largest absolute Gasteiger partial charge is 0.534 e. The van der Waals surface area contributed by atoms with Crippen LogP contribution in [-0.2, 0) is 4.43 Å². The molecular formula is C22H20OSi. The van der Waals surface area contributed by atoms with Gasteiger partial charge < -0.3 is 4.43 Å². The quantitative estimate of drug-likeness (QED) is 0.655. The summed E-state index contributed by atoms with van der Waals surface area (Å²) in [5.74, 6) is 1.03. The molecule has 0 atom stereocenters. The predicted molar refractivity (Wildman–Crippen MR) is 103 cm³/mol. The highest BCUT2D eigenvalue weighted by molar-refractivity contribution is 6.98. The van der Waals surface area contributed by atoms with Crippen LogP contribution in [0.3, 0.4) is 0 Å². The molecule has 1 heterocycles. The maximum absolute atomic E-state index is 6.83. The molecule has 24 heavy (non-hydrogen) atoms. The third-order valence-corrected chi connectivity index (χ3v) is 8.74. The lowest BCUT2D eigenvalue weighted by atomic mass is 10.2. The molecular weight excluding hydrogens is 308 g/mol. The summed E-state index contributed by atoms with van der Waals surface area (Å²) in [6, 6.07) is 33.1. The van der Waals surface area contributed by atoms with Crippen molar-refractivity contribution >= 4 is 24.5 Å². The highest BCUT2D eigenvalue weighted by Gasteiger charge is 2.43. The van der Waals surface area contributed by atoms with Gasteiger partial charge in [-0.05, 0) is 28.9 Å². The van der Waals surface area contributed by atoms with E-state index in [1.165, 1.54) is 15.9 Å². The highest BCUT2D eigenvalue weighted by Crippen LogP contribution is 2.30. The van der Waals surface area contributed by atoms with Crippen molar-refractivity contribution in [1.82, 2.24) is 0 Å². The van der Waals surface area contributed by atoms with Crippen LogP contribution in [0.25, 0.3) is 5.76 Å². The van der Waals surface area contributed by atoms with Crippen LogP contribution >= 0.6 is 0 Å². The molecule has 1 nitrogen and oxygen atoms in total. The van der Waals surface area contributed by atoms with E-state index in [0.29, 0.717) is 0 Å². The molecule has 0 saturated carbocycles. The molecule has 4 rings (SSSR count). The van der Waals surface area contributed by atoms with Crippen molar-refractivity contribution in [3.63, 3.8) is 0 Å². The maximum Gasteiger partial charge on any atom is 0.315 e. The summed E-state index contributed by atoms with van der Waals surface area (Å²) in [6.07, 6.45) is 3.30. The Labute approximate surface area is 144 Å². The number of hydrogen-bond acceptors (Lipinski definition) is 1. The van der Waals surface area contributed by atoms with Crippen molar-refractivity contribution in [3.05, 3.63) is 103 Å². The van der Waals surface area contributed by atoms with Gasteiger partial charge in [0.05, 0.1) is 0 Å². The summed E-state index contributed by atoms with van der Waals surface area (Å²) in [4.78, 5) is 0. The summed E-state index contributed by atoms with van der Waals surface area (Å²) in [7, 11) is -2.25. The number of hydrogen-bond donors (Lipinski definition) is 0. The zero-order chi connectivity index (χ0) is 16.2. The Bertz CT molecular complexity index is 786. The summed E-state index contributed by atoms with van der Waals surface area (Å²) in [6.45, 7) is 0. The fourth-order valence-electron chi connectivity index (χ4n) is 3.45. The smallest absolute Gasteiger partial charge is 0.315 e. The minimum absolute atomic E-state index is 1.03. The molecule has 2 heteroatoms. The topological polar surface area (TPSA) is 9.23 Å². The van der Waals surface area contributed by atoms with Crippen LogP contribution in [-0.4, -0.2) is 8.32 Å². The lowest BCUT2D eigenvalue weighted by Gasteiger charge is -2.36. The second-order valence-electron chi connectivity index (χ2n) is 6.13. The zero-order valence-corrected chi connectivity index (χ0v) is 14.6. The van der Waals surface area contributed by atoms with E-state index in [-0.39, 0.29) is 0 Å². The van der Waals surface area contributed by atoms with Crippen LogP contribution in [0.5, 0.6) is 0 Å². The Balaban J connectivity index is 1.82. The predicted octanol–water partition coefficient (Wildman–Crippen LogP) is 4.21. The first-order valence-corrected chi connectivity index (χ1v) is 10.6. The third-order valence-electron chi connectivity index (χ3n) is 4.65. The molecule has 0 unspecified atom stereocenters. The fourth-order valence-corrected chi connectivity index (χ4v) is 7.29. The number of benzene rings is 3. The Morgan fingerprint density at radius 2 is 1.12 bits per heavy atom. The molecule has 0 spiro atoms. The van der Waals surface area contributed by atoms with Gasteiger partial charge in [0, 0.05) is 5.56 Å². The molecule has 3 aromatic rings. The van der Waals surface area contributed by atoms with Crippen LogP contribution in [0, 0.1) is 0 Å². The van der Waals surface area contributed by atoms with Gasteiger partial charge in [0.25, 0.3) is 0 Å². The lowest BCUT2D eigenvalue weighted by Crippen LogP contribution is -2.61. The van der Waals surface area contributed by atoms with Crippen molar-refractivity contribution in [2.75, 3.05) is 0 Å². The summed E-state index contributed by atoms with van der Waals surface area (Å²) in [5, 5.41) is 2.69. The minimum atomic E-state index is -2.25. The molecule has 3 aromatic carbocycles. The first-order chi connectivity index (χ1) is 11.9. The average Bonchev–Trinajstić information content (AvgIpc) is 2.70. The first kappa shape index (κ1) is 15.0. The number of rotatable bonds is 3. The third kappa shape index (κ3) is 2.70. The minimum Gasteiger partial charge on any atom is -0.534 e. The van der Waals surface area contributed by atoms with E-state index in [1.807, 2.05) is 6.07 Å². The lowest BCUT2D eigenvalue weighted by molar-refractivity contribution is 0.505. The normalized spacial score (nSPS) is 16.1. The van der Waals surface area contributed by atoms with Crippen LogP contribution in [0.2, 0.25) is 6.04 Å². The Hall–Kier alpha value is -2.58. The van der Waals surface area contributed by atoms with Gasteiger partial charge in [0.1, 0.15) is 5.76 Å². The van der Waals surface area contributed by atoms with Crippen LogP contribution in [0.15, 0.2) is 97.1 Å². The fraction of sp³-hybridized carbons (Fsp3) is 0.0909. The van der Waals surface area contributed by atoms with E-state index in [4.69, 9.17) is 4.43 Å². The van der Waals surface area contributed by atoms with Crippen molar-refractivity contribution in [2.24, 2.45) is 0 Å². The molecule has 0 aliphatic carbocycles. The Morgan fingerprint density at radius 1 is 0.625 bits per heavy atom. The van der Waals surface area contributed by atoms with E-state index >= 15 is 0 Å². The van der Waals surface area contributed by atoms with Gasteiger partial charge in [-0.3, -0.25) is 0 Å². The molecule has 0 amide bonds.